The van der Waals surface area contributed by atoms with Gasteiger partial charge < -0.3 is 20.8 Å². The van der Waals surface area contributed by atoms with E-state index in [1.54, 1.807) is 12.1 Å². The summed E-state index contributed by atoms with van der Waals surface area (Å²) in [6.07, 6.45) is 1.65. The van der Waals surface area contributed by atoms with Gasteiger partial charge in [0, 0.05) is 26.1 Å². The van der Waals surface area contributed by atoms with Crippen LogP contribution >= 0.6 is 12.4 Å². The van der Waals surface area contributed by atoms with Crippen molar-refractivity contribution in [2.24, 2.45) is 5.73 Å². The zero-order chi connectivity index (χ0) is 11.8. The highest BCUT2D eigenvalue weighted by Crippen LogP contribution is 1.98. The fraction of sp³-hybridized carbons (Fsp3) is 0.400. The average Bonchev–Trinajstić information content (AvgIpc) is 2.79. The monoisotopic (exact) mass is 261 g/mol. The Labute approximate surface area is 105 Å². The minimum Gasteiger partial charge on any atom is -0.459 e. The molecule has 0 atom stereocenters. The lowest BCUT2D eigenvalue weighted by molar-refractivity contribution is -0.120. The highest BCUT2D eigenvalue weighted by atomic mass is 35.5. The Morgan fingerprint density at radius 3 is 2.65 bits per heavy atom. The van der Waals surface area contributed by atoms with Gasteiger partial charge in [-0.15, -0.1) is 12.4 Å². The van der Waals surface area contributed by atoms with Crippen LogP contribution in [0.25, 0.3) is 0 Å². The number of hydrogen-bond donors (Lipinski definition) is 3. The molecule has 4 N–H and O–H groups in total. The topological polar surface area (TPSA) is 97.4 Å². The van der Waals surface area contributed by atoms with Crippen molar-refractivity contribution < 1.29 is 14.0 Å². The van der Waals surface area contributed by atoms with Crippen molar-refractivity contribution in [3.05, 3.63) is 24.2 Å². The Hall–Kier alpha value is -1.53. The summed E-state index contributed by atoms with van der Waals surface area (Å²) >= 11 is 0. The number of furan rings is 1. The second kappa shape index (κ2) is 8.60. The van der Waals surface area contributed by atoms with Crippen LogP contribution in [-0.2, 0) is 4.79 Å². The van der Waals surface area contributed by atoms with Crippen molar-refractivity contribution in [2.45, 2.75) is 6.42 Å². The summed E-state index contributed by atoms with van der Waals surface area (Å²) in [4.78, 5) is 22.5. The molecule has 0 aromatic carbocycles. The van der Waals surface area contributed by atoms with Crippen molar-refractivity contribution in [3.8, 4) is 0 Å². The predicted molar refractivity (Wildman–Crippen MR) is 65.0 cm³/mol. The van der Waals surface area contributed by atoms with Crippen molar-refractivity contribution in [3.63, 3.8) is 0 Å². The molecule has 0 bridgehead atoms. The van der Waals surface area contributed by atoms with Crippen LogP contribution in [0.5, 0.6) is 0 Å². The SMILES string of the molecule is Cl.NCCNC(=O)CCNC(=O)c1ccco1. The van der Waals surface area contributed by atoms with Crippen molar-refractivity contribution in [2.75, 3.05) is 19.6 Å². The Morgan fingerprint density at radius 2 is 2.06 bits per heavy atom. The maximum Gasteiger partial charge on any atom is 0.286 e. The third kappa shape index (κ3) is 5.94. The number of halogens is 1. The smallest absolute Gasteiger partial charge is 0.286 e. The van der Waals surface area contributed by atoms with E-state index in [-0.39, 0.29) is 42.9 Å². The minimum atomic E-state index is -0.323. The molecule has 0 spiro atoms. The van der Waals surface area contributed by atoms with Crippen LogP contribution in [0.2, 0.25) is 0 Å². The Kier molecular flexibility index (Phi) is 7.83. The van der Waals surface area contributed by atoms with Gasteiger partial charge >= 0.3 is 0 Å². The number of carbonyl (C=O) groups excluding carboxylic acids is 2. The molecule has 0 aliphatic heterocycles. The van der Waals surface area contributed by atoms with E-state index >= 15 is 0 Å². The van der Waals surface area contributed by atoms with Gasteiger partial charge in [-0.25, -0.2) is 0 Å². The number of carbonyl (C=O) groups is 2. The molecular weight excluding hydrogens is 246 g/mol. The highest BCUT2D eigenvalue weighted by molar-refractivity contribution is 5.91. The van der Waals surface area contributed by atoms with Gasteiger partial charge in [0.05, 0.1) is 6.26 Å². The molecular formula is C10H16ClN3O3. The van der Waals surface area contributed by atoms with E-state index in [9.17, 15) is 9.59 Å². The van der Waals surface area contributed by atoms with E-state index in [0.29, 0.717) is 13.1 Å². The van der Waals surface area contributed by atoms with Gasteiger partial charge in [-0.1, -0.05) is 0 Å². The number of hydrogen-bond acceptors (Lipinski definition) is 4. The van der Waals surface area contributed by atoms with Crippen LogP contribution in [-0.4, -0.2) is 31.4 Å². The van der Waals surface area contributed by atoms with Crippen molar-refractivity contribution >= 4 is 24.2 Å². The van der Waals surface area contributed by atoms with E-state index in [2.05, 4.69) is 10.6 Å². The Bertz CT molecular complexity index is 341. The molecule has 1 rings (SSSR count). The van der Waals surface area contributed by atoms with Gasteiger partial charge in [-0.05, 0) is 12.1 Å². The molecule has 0 fully saturated rings. The third-order valence-electron chi connectivity index (χ3n) is 1.85. The molecule has 0 unspecified atom stereocenters. The lowest BCUT2D eigenvalue weighted by Gasteiger charge is -2.04. The quantitative estimate of drug-likeness (QED) is 0.666. The molecule has 7 heteroatoms. The van der Waals surface area contributed by atoms with Gasteiger partial charge in [0.1, 0.15) is 0 Å². The van der Waals surface area contributed by atoms with Gasteiger partial charge in [0.2, 0.25) is 5.91 Å². The maximum absolute atomic E-state index is 11.3. The van der Waals surface area contributed by atoms with Crippen LogP contribution in [0, 0.1) is 0 Å². The molecule has 96 valence electrons. The van der Waals surface area contributed by atoms with E-state index in [1.165, 1.54) is 6.26 Å². The summed E-state index contributed by atoms with van der Waals surface area (Å²) in [5, 5.41) is 5.17. The van der Waals surface area contributed by atoms with Crippen molar-refractivity contribution in [1.29, 1.82) is 0 Å². The first kappa shape index (κ1) is 15.5. The predicted octanol–water partition coefficient (Wildman–Crippen LogP) is -0.104. The van der Waals surface area contributed by atoms with E-state index in [0.717, 1.165) is 0 Å². The fourth-order valence-corrected chi connectivity index (χ4v) is 1.08. The summed E-state index contributed by atoms with van der Waals surface area (Å²) in [6.45, 7) is 1.13. The van der Waals surface area contributed by atoms with Crippen LogP contribution < -0.4 is 16.4 Å². The average molecular weight is 262 g/mol. The standard InChI is InChI=1S/C10H15N3O3.ClH/c11-4-6-12-9(14)3-5-13-10(15)8-2-1-7-16-8;/h1-2,7H,3-6,11H2,(H,12,14)(H,13,15);1H. The molecule has 0 saturated heterocycles. The van der Waals surface area contributed by atoms with Gasteiger partial charge in [-0.3, -0.25) is 9.59 Å². The number of nitrogens with two attached hydrogens (primary N) is 1. The lowest BCUT2D eigenvalue weighted by atomic mass is 10.3. The highest BCUT2D eigenvalue weighted by Gasteiger charge is 2.08. The molecule has 6 nitrogen and oxygen atoms in total. The third-order valence-corrected chi connectivity index (χ3v) is 1.85. The summed E-state index contributed by atoms with van der Waals surface area (Å²) in [7, 11) is 0. The minimum absolute atomic E-state index is 0. The molecule has 17 heavy (non-hydrogen) atoms. The van der Waals surface area contributed by atoms with Crippen LogP contribution in [0.1, 0.15) is 17.0 Å². The molecule has 1 aromatic heterocycles. The van der Waals surface area contributed by atoms with E-state index in [4.69, 9.17) is 10.2 Å². The molecule has 1 aromatic rings. The first-order valence-corrected chi connectivity index (χ1v) is 5.02. The second-order valence-electron chi connectivity index (χ2n) is 3.12. The zero-order valence-corrected chi connectivity index (χ0v) is 10.1. The van der Waals surface area contributed by atoms with Gasteiger partial charge in [0.25, 0.3) is 5.91 Å². The molecule has 0 aliphatic carbocycles. The van der Waals surface area contributed by atoms with Crippen LogP contribution in [0.15, 0.2) is 22.8 Å². The first-order chi connectivity index (χ1) is 7.74. The van der Waals surface area contributed by atoms with Crippen LogP contribution in [0.4, 0.5) is 0 Å². The number of nitrogens with one attached hydrogen (secondary N) is 2. The van der Waals surface area contributed by atoms with Crippen LogP contribution in [0.3, 0.4) is 0 Å². The normalized spacial score (nSPS) is 9.24. The van der Waals surface area contributed by atoms with E-state index in [1.807, 2.05) is 0 Å². The van der Waals surface area contributed by atoms with Gasteiger partial charge in [0.15, 0.2) is 5.76 Å². The van der Waals surface area contributed by atoms with Crippen molar-refractivity contribution in [1.82, 2.24) is 10.6 Å². The summed E-state index contributed by atoms with van der Waals surface area (Å²) in [5.41, 5.74) is 5.22. The second-order valence-corrected chi connectivity index (χ2v) is 3.12. The Morgan fingerprint density at radius 1 is 1.29 bits per heavy atom. The molecule has 2 amide bonds. The fourth-order valence-electron chi connectivity index (χ4n) is 1.08. The lowest BCUT2D eigenvalue weighted by Crippen LogP contribution is -2.33. The summed E-state index contributed by atoms with van der Waals surface area (Å²) in [6, 6.07) is 3.19. The maximum atomic E-state index is 11.3. The summed E-state index contributed by atoms with van der Waals surface area (Å²) in [5.74, 6) is -0.218. The molecule has 0 aliphatic rings. The summed E-state index contributed by atoms with van der Waals surface area (Å²) < 4.78 is 4.89. The molecule has 0 radical (unpaired) electrons. The Balaban J connectivity index is 0.00000256. The zero-order valence-electron chi connectivity index (χ0n) is 9.27. The largest absolute Gasteiger partial charge is 0.459 e. The molecule has 1 heterocycles. The van der Waals surface area contributed by atoms with E-state index < -0.39 is 0 Å². The van der Waals surface area contributed by atoms with Gasteiger partial charge in [-0.2, -0.15) is 0 Å². The number of amides is 2. The number of rotatable bonds is 6. The molecule has 0 saturated carbocycles. The first-order valence-electron chi connectivity index (χ1n) is 5.02.